The molecule has 0 radical (unpaired) electrons. The van der Waals surface area contributed by atoms with E-state index < -0.39 is 0 Å². The average molecular weight is 422 g/mol. The van der Waals surface area contributed by atoms with Crippen LogP contribution in [-0.2, 0) is 0 Å². The summed E-state index contributed by atoms with van der Waals surface area (Å²) in [5.74, 6) is 1.85. The highest BCUT2D eigenvalue weighted by molar-refractivity contribution is 7.19. The van der Waals surface area contributed by atoms with E-state index in [1.54, 1.807) is 4.88 Å². The molecule has 0 aromatic carbocycles. The van der Waals surface area contributed by atoms with Gasteiger partial charge in [0.1, 0.15) is 4.83 Å². The molecule has 1 aliphatic carbocycles. The minimum atomic E-state index is 0.428. The number of nitrogens with one attached hydrogen (secondary N) is 2. The van der Waals surface area contributed by atoms with E-state index in [-0.39, 0.29) is 0 Å². The van der Waals surface area contributed by atoms with Gasteiger partial charge in [0.25, 0.3) is 0 Å². The smallest absolute Gasteiger partial charge is 0.156 e. The summed E-state index contributed by atoms with van der Waals surface area (Å²) in [7, 11) is 0. The first-order valence-corrected chi connectivity index (χ1v) is 11.8. The lowest BCUT2D eigenvalue weighted by molar-refractivity contribution is 0.0269. The van der Waals surface area contributed by atoms with E-state index in [1.807, 2.05) is 17.5 Å². The molecule has 2 fully saturated rings. The van der Waals surface area contributed by atoms with Crippen molar-refractivity contribution in [2.24, 2.45) is 16.1 Å². The molecule has 1 saturated carbocycles. The summed E-state index contributed by atoms with van der Waals surface area (Å²) < 4.78 is 0. The van der Waals surface area contributed by atoms with Crippen molar-refractivity contribution in [2.75, 3.05) is 13.1 Å². The van der Waals surface area contributed by atoms with Gasteiger partial charge in [-0.1, -0.05) is 13.8 Å². The van der Waals surface area contributed by atoms with E-state index >= 15 is 0 Å². The van der Waals surface area contributed by atoms with E-state index in [0.717, 1.165) is 11.5 Å². The van der Waals surface area contributed by atoms with Gasteiger partial charge in [-0.3, -0.25) is 0 Å². The molecule has 1 saturated heterocycles. The molecule has 2 aliphatic rings. The number of hydrogen-bond acceptors (Lipinski definition) is 4. The topological polar surface area (TPSA) is 79.1 Å². The van der Waals surface area contributed by atoms with E-state index in [0.29, 0.717) is 17.2 Å². The molecule has 30 heavy (non-hydrogen) atoms. The molecule has 0 bridgehead atoms. The molecule has 3 aromatic heterocycles. The lowest BCUT2D eigenvalue weighted by atomic mass is 9.56. The van der Waals surface area contributed by atoms with E-state index in [1.165, 1.54) is 70.4 Å². The van der Waals surface area contributed by atoms with Gasteiger partial charge in [0, 0.05) is 46.4 Å². The monoisotopic (exact) mass is 421 g/mol. The quantitative estimate of drug-likeness (QED) is 0.388. The SMILES string of the molecule is Cc1c(-c2[nH]c3sc([C@H]4CCC45CNC5)c(C)c3c2C(C)C)cnc(N=CN)c1C. The molecule has 3 aromatic rings. The Bertz CT molecular complexity index is 1160. The number of pyridine rings is 1. The van der Waals surface area contributed by atoms with Crippen molar-refractivity contribution in [1.82, 2.24) is 15.3 Å². The second-order valence-corrected chi connectivity index (χ2v) is 10.5. The molecule has 5 rings (SSSR count). The van der Waals surface area contributed by atoms with Crippen LogP contribution in [0.25, 0.3) is 21.5 Å². The largest absolute Gasteiger partial charge is 0.390 e. The van der Waals surface area contributed by atoms with E-state index in [4.69, 9.17) is 5.73 Å². The number of aromatic nitrogens is 2. The molecule has 0 amide bonds. The number of aliphatic imine (C=N–C) groups is 1. The second-order valence-electron chi connectivity index (χ2n) is 9.44. The molecule has 0 unspecified atom stereocenters. The maximum absolute atomic E-state index is 5.49. The van der Waals surface area contributed by atoms with Crippen molar-refractivity contribution in [2.45, 2.75) is 59.3 Å². The first kappa shape index (κ1) is 19.8. The normalized spacial score (nSPS) is 20.4. The number of aryl methyl sites for hydroxylation is 1. The Hall–Kier alpha value is -2.18. The first-order chi connectivity index (χ1) is 14.4. The second kappa shape index (κ2) is 6.92. The minimum absolute atomic E-state index is 0.428. The lowest BCUT2D eigenvalue weighted by Gasteiger charge is -2.56. The lowest BCUT2D eigenvalue weighted by Crippen LogP contribution is -2.61. The number of rotatable bonds is 4. The summed E-state index contributed by atoms with van der Waals surface area (Å²) in [6.45, 7) is 13.5. The van der Waals surface area contributed by atoms with Crippen LogP contribution in [0.3, 0.4) is 0 Å². The van der Waals surface area contributed by atoms with Crippen LogP contribution in [0.2, 0.25) is 0 Å². The van der Waals surface area contributed by atoms with Crippen LogP contribution < -0.4 is 11.1 Å². The molecular weight excluding hydrogens is 390 g/mol. The zero-order valence-electron chi connectivity index (χ0n) is 18.5. The van der Waals surface area contributed by atoms with E-state index in [2.05, 4.69) is 54.9 Å². The van der Waals surface area contributed by atoms with Gasteiger partial charge in [-0.2, -0.15) is 0 Å². The zero-order chi connectivity index (χ0) is 21.2. The van der Waals surface area contributed by atoms with Gasteiger partial charge in [0.15, 0.2) is 5.82 Å². The number of aromatic amines is 1. The highest BCUT2D eigenvalue weighted by Crippen LogP contribution is 2.58. The van der Waals surface area contributed by atoms with Crippen LogP contribution in [0.1, 0.15) is 65.7 Å². The molecule has 1 spiro atoms. The standard InChI is InChI=1S/C24H31N5S/c1-12(2)18-19-15(5)21(17-6-7-24(17)9-26-10-24)30-23(19)29-20(18)16-8-27-22(28-11-25)14(4)13(16)3/h8,11-12,17,26,29H,6-7,9-10H2,1-5H3,(H2,25,27,28)/t17-/m1/s1. The van der Waals surface area contributed by atoms with Crippen molar-refractivity contribution in [3.63, 3.8) is 0 Å². The Morgan fingerprint density at radius 2 is 2.00 bits per heavy atom. The molecule has 6 heteroatoms. The molecule has 4 heterocycles. The Kier molecular flexibility index (Phi) is 4.56. The maximum Gasteiger partial charge on any atom is 0.156 e. The van der Waals surface area contributed by atoms with Crippen molar-refractivity contribution >= 4 is 33.7 Å². The average Bonchev–Trinajstić information content (AvgIpc) is 3.15. The molecular formula is C24H31N5S. The fraction of sp³-hybridized carbons (Fsp3) is 0.500. The van der Waals surface area contributed by atoms with Crippen LogP contribution in [-0.4, -0.2) is 29.4 Å². The molecule has 1 aliphatic heterocycles. The summed E-state index contributed by atoms with van der Waals surface area (Å²) in [5, 5.41) is 4.95. The van der Waals surface area contributed by atoms with Crippen LogP contribution >= 0.6 is 11.3 Å². The predicted molar refractivity (Wildman–Crippen MR) is 127 cm³/mol. The van der Waals surface area contributed by atoms with Crippen LogP contribution in [0, 0.1) is 26.2 Å². The number of thiophene rings is 1. The van der Waals surface area contributed by atoms with Crippen molar-refractivity contribution in [3.8, 4) is 11.3 Å². The Labute approximate surface area is 182 Å². The van der Waals surface area contributed by atoms with Crippen LogP contribution in [0.5, 0.6) is 0 Å². The van der Waals surface area contributed by atoms with Crippen LogP contribution in [0.4, 0.5) is 5.82 Å². The van der Waals surface area contributed by atoms with Gasteiger partial charge in [-0.15, -0.1) is 11.3 Å². The van der Waals surface area contributed by atoms with Crippen molar-refractivity contribution in [1.29, 1.82) is 0 Å². The Balaban J connectivity index is 1.66. The summed E-state index contributed by atoms with van der Waals surface area (Å²) in [5.41, 5.74) is 13.6. The number of nitrogens with two attached hydrogens (primary N) is 1. The number of hydrogen-bond donors (Lipinski definition) is 3. The highest BCUT2D eigenvalue weighted by atomic mass is 32.1. The third-order valence-electron chi connectivity index (χ3n) is 7.56. The Morgan fingerprint density at radius 1 is 1.23 bits per heavy atom. The number of nitrogens with zero attached hydrogens (tertiary/aromatic N) is 2. The number of fused-ring (bicyclic) bond motifs is 1. The molecule has 158 valence electrons. The maximum atomic E-state index is 5.49. The summed E-state index contributed by atoms with van der Waals surface area (Å²) in [6, 6.07) is 0. The van der Waals surface area contributed by atoms with Gasteiger partial charge in [-0.05, 0) is 61.8 Å². The van der Waals surface area contributed by atoms with Gasteiger partial charge < -0.3 is 16.0 Å². The fourth-order valence-electron chi connectivity index (χ4n) is 5.49. The summed E-state index contributed by atoms with van der Waals surface area (Å²) in [4.78, 5) is 15.5. The van der Waals surface area contributed by atoms with Gasteiger partial charge in [0.2, 0.25) is 0 Å². The third-order valence-corrected chi connectivity index (χ3v) is 8.88. The zero-order valence-corrected chi connectivity index (χ0v) is 19.3. The van der Waals surface area contributed by atoms with Crippen molar-refractivity contribution in [3.05, 3.63) is 33.3 Å². The highest BCUT2D eigenvalue weighted by Gasteiger charge is 2.52. The van der Waals surface area contributed by atoms with E-state index in [9.17, 15) is 0 Å². The van der Waals surface area contributed by atoms with Gasteiger partial charge in [0.05, 0.1) is 12.0 Å². The van der Waals surface area contributed by atoms with Gasteiger partial charge in [-0.25, -0.2) is 9.98 Å². The van der Waals surface area contributed by atoms with Gasteiger partial charge >= 0.3 is 0 Å². The Morgan fingerprint density at radius 3 is 2.57 bits per heavy atom. The predicted octanol–water partition coefficient (Wildman–Crippen LogP) is 5.43. The summed E-state index contributed by atoms with van der Waals surface area (Å²) >= 11 is 1.98. The molecule has 4 N–H and O–H groups in total. The minimum Gasteiger partial charge on any atom is -0.390 e. The first-order valence-electron chi connectivity index (χ1n) is 10.9. The molecule has 1 atom stereocenters. The number of H-pyrrole nitrogens is 1. The van der Waals surface area contributed by atoms with Crippen molar-refractivity contribution < 1.29 is 0 Å². The fourth-order valence-corrected chi connectivity index (χ4v) is 6.99. The third kappa shape index (κ3) is 2.63. The molecule has 5 nitrogen and oxygen atoms in total. The summed E-state index contributed by atoms with van der Waals surface area (Å²) in [6.07, 6.45) is 5.97. The van der Waals surface area contributed by atoms with Crippen LogP contribution in [0.15, 0.2) is 11.2 Å².